The molecule has 0 unspecified atom stereocenters. The molecule has 2 aromatic rings. The zero-order chi connectivity index (χ0) is 13.4. The predicted octanol–water partition coefficient (Wildman–Crippen LogP) is 0.773. The van der Waals surface area contributed by atoms with Gasteiger partial charge in [0.25, 0.3) is 0 Å². The van der Waals surface area contributed by atoms with E-state index in [0.29, 0.717) is 18.9 Å². The Morgan fingerprint density at radius 1 is 1.32 bits per heavy atom. The second-order valence-corrected chi connectivity index (χ2v) is 4.43. The summed E-state index contributed by atoms with van der Waals surface area (Å²) < 4.78 is 27.0. The first-order valence-electron chi connectivity index (χ1n) is 5.96. The summed E-state index contributed by atoms with van der Waals surface area (Å²) in [6.07, 6.45) is 0. The van der Waals surface area contributed by atoms with E-state index >= 15 is 0 Å². The van der Waals surface area contributed by atoms with Crippen LogP contribution < -0.4 is 5.32 Å². The Bertz CT molecular complexity index is 601. The van der Waals surface area contributed by atoms with E-state index in [1.54, 1.807) is 4.90 Å². The Hall–Kier alpha value is -2.02. The van der Waals surface area contributed by atoms with Gasteiger partial charge in [-0.15, -0.1) is 0 Å². The van der Waals surface area contributed by atoms with Crippen LogP contribution in [0.1, 0.15) is 5.82 Å². The van der Waals surface area contributed by atoms with Crippen LogP contribution in [0.15, 0.2) is 12.1 Å². The largest absolute Gasteiger partial charge is 0.338 e. The number of carbonyl (C=O) groups excluding carboxylic acids is 1. The number of imidazole rings is 1. The lowest BCUT2D eigenvalue weighted by atomic mass is 10.3. The minimum Gasteiger partial charge on any atom is -0.338 e. The summed E-state index contributed by atoms with van der Waals surface area (Å²) in [6, 6.07) is 2.09. The van der Waals surface area contributed by atoms with E-state index in [9.17, 15) is 13.6 Å². The van der Waals surface area contributed by atoms with E-state index in [2.05, 4.69) is 15.3 Å². The summed E-state index contributed by atoms with van der Waals surface area (Å²) in [6.45, 7) is 1.77. The van der Waals surface area contributed by atoms with Crippen LogP contribution in [0.5, 0.6) is 0 Å². The molecule has 2 N–H and O–H groups in total. The van der Waals surface area contributed by atoms with E-state index in [-0.39, 0.29) is 30.0 Å². The second kappa shape index (κ2) is 4.58. The van der Waals surface area contributed by atoms with Crippen molar-refractivity contribution in [3.63, 3.8) is 0 Å². The number of hydrogen-bond acceptors (Lipinski definition) is 3. The number of aromatic amines is 1. The number of rotatable bonds is 2. The number of aromatic nitrogens is 2. The molecular weight excluding hydrogens is 254 g/mol. The molecule has 1 aliphatic heterocycles. The molecule has 0 atom stereocenters. The minimum absolute atomic E-state index is 0.0300. The van der Waals surface area contributed by atoms with Crippen LogP contribution in [0.3, 0.4) is 0 Å². The van der Waals surface area contributed by atoms with Gasteiger partial charge in [-0.25, -0.2) is 13.8 Å². The van der Waals surface area contributed by atoms with Gasteiger partial charge in [0.2, 0.25) is 5.91 Å². The van der Waals surface area contributed by atoms with Gasteiger partial charge in [-0.2, -0.15) is 0 Å². The summed E-state index contributed by atoms with van der Waals surface area (Å²) >= 11 is 0. The van der Waals surface area contributed by atoms with Crippen molar-refractivity contribution in [1.29, 1.82) is 0 Å². The summed E-state index contributed by atoms with van der Waals surface area (Å²) in [7, 11) is 0. The molecule has 1 fully saturated rings. The van der Waals surface area contributed by atoms with Crippen molar-refractivity contribution in [2.75, 3.05) is 19.6 Å². The third kappa shape index (κ3) is 2.17. The van der Waals surface area contributed by atoms with Crippen LogP contribution >= 0.6 is 0 Å². The first-order valence-corrected chi connectivity index (χ1v) is 5.96. The number of piperazine rings is 1. The molecule has 1 amide bonds. The number of fused-ring (bicyclic) bond motifs is 1. The van der Waals surface area contributed by atoms with Gasteiger partial charge in [0, 0.05) is 13.1 Å². The number of hydrogen-bond donors (Lipinski definition) is 2. The average Bonchev–Trinajstić information content (AvgIpc) is 2.82. The van der Waals surface area contributed by atoms with Crippen molar-refractivity contribution in [1.82, 2.24) is 20.2 Å². The topological polar surface area (TPSA) is 61.0 Å². The third-order valence-corrected chi connectivity index (χ3v) is 3.12. The van der Waals surface area contributed by atoms with Crippen molar-refractivity contribution >= 4 is 16.9 Å². The summed E-state index contributed by atoms with van der Waals surface area (Å²) in [5.74, 6) is -0.797. The fourth-order valence-corrected chi connectivity index (χ4v) is 2.15. The summed E-state index contributed by atoms with van der Waals surface area (Å²) in [5.41, 5.74) is 0.00941. The van der Waals surface area contributed by atoms with E-state index in [1.807, 2.05) is 0 Å². The standard InChI is InChI=1S/C12H12F2N4O/c13-7-1-2-8(14)12-11(7)16-9(17-12)6-18-4-3-15-5-10(18)19/h1-2,15H,3-6H2,(H,16,17). The Labute approximate surface area is 107 Å². The molecule has 7 heteroatoms. The minimum atomic E-state index is -0.578. The number of nitrogens with zero attached hydrogens (tertiary/aromatic N) is 2. The van der Waals surface area contributed by atoms with Gasteiger partial charge < -0.3 is 15.2 Å². The Balaban J connectivity index is 1.91. The van der Waals surface area contributed by atoms with Gasteiger partial charge in [-0.1, -0.05) is 0 Å². The van der Waals surface area contributed by atoms with Gasteiger partial charge in [-0.05, 0) is 12.1 Å². The lowest BCUT2D eigenvalue weighted by molar-refractivity contribution is -0.132. The van der Waals surface area contributed by atoms with Crippen molar-refractivity contribution in [3.8, 4) is 0 Å². The van der Waals surface area contributed by atoms with Crippen LogP contribution in [-0.2, 0) is 11.3 Å². The lowest BCUT2D eigenvalue weighted by Gasteiger charge is -2.26. The van der Waals surface area contributed by atoms with Crippen LogP contribution in [0.2, 0.25) is 0 Å². The Morgan fingerprint density at radius 3 is 2.84 bits per heavy atom. The highest BCUT2D eigenvalue weighted by Crippen LogP contribution is 2.19. The Kier molecular flexibility index (Phi) is 2.90. The van der Waals surface area contributed by atoms with Crippen LogP contribution in [0, 0.1) is 11.6 Å². The fourth-order valence-electron chi connectivity index (χ4n) is 2.15. The number of halogens is 2. The molecule has 1 aromatic carbocycles. The normalized spacial score (nSPS) is 16.3. The molecule has 0 radical (unpaired) electrons. The maximum Gasteiger partial charge on any atom is 0.236 e. The van der Waals surface area contributed by atoms with E-state index in [0.717, 1.165) is 12.1 Å². The molecule has 0 saturated carbocycles. The molecule has 19 heavy (non-hydrogen) atoms. The van der Waals surface area contributed by atoms with Gasteiger partial charge in [0.05, 0.1) is 13.1 Å². The maximum absolute atomic E-state index is 13.5. The second-order valence-electron chi connectivity index (χ2n) is 4.43. The van der Waals surface area contributed by atoms with Crippen molar-refractivity contribution in [2.45, 2.75) is 6.54 Å². The number of nitrogens with one attached hydrogen (secondary N) is 2. The molecule has 1 aliphatic rings. The van der Waals surface area contributed by atoms with Gasteiger partial charge in [-0.3, -0.25) is 4.79 Å². The molecular formula is C12H12F2N4O. The van der Waals surface area contributed by atoms with Crippen LogP contribution in [-0.4, -0.2) is 40.4 Å². The highest BCUT2D eigenvalue weighted by atomic mass is 19.1. The first-order chi connectivity index (χ1) is 9.15. The number of carbonyl (C=O) groups is 1. The van der Waals surface area contributed by atoms with Crippen molar-refractivity contribution in [3.05, 3.63) is 29.6 Å². The van der Waals surface area contributed by atoms with Gasteiger partial charge >= 0.3 is 0 Å². The molecule has 100 valence electrons. The predicted molar refractivity (Wildman–Crippen MR) is 64.3 cm³/mol. The highest BCUT2D eigenvalue weighted by Gasteiger charge is 2.20. The fraction of sp³-hybridized carbons (Fsp3) is 0.333. The number of H-pyrrole nitrogens is 1. The van der Waals surface area contributed by atoms with Crippen molar-refractivity contribution < 1.29 is 13.6 Å². The summed E-state index contributed by atoms with van der Waals surface area (Å²) in [5, 5.41) is 2.95. The highest BCUT2D eigenvalue weighted by molar-refractivity contribution is 5.79. The zero-order valence-electron chi connectivity index (χ0n) is 10.0. The number of amides is 1. The molecule has 0 aliphatic carbocycles. The smallest absolute Gasteiger partial charge is 0.236 e. The number of benzene rings is 1. The summed E-state index contributed by atoms with van der Waals surface area (Å²) in [4.78, 5) is 20.0. The SMILES string of the molecule is O=C1CNCCN1Cc1nc2c(F)ccc(F)c2[nH]1. The molecule has 3 rings (SSSR count). The third-order valence-electron chi connectivity index (χ3n) is 3.12. The first kappa shape index (κ1) is 12.0. The van der Waals surface area contributed by atoms with Crippen molar-refractivity contribution in [2.24, 2.45) is 0 Å². The zero-order valence-corrected chi connectivity index (χ0v) is 10.0. The Morgan fingerprint density at radius 2 is 2.11 bits per heavy atom. The molecule has 5 nitrogen and oxygen atoms in total. The van der Waals surface area contributed by atoms with E-state index < -0.39 is 11.6 Å². The molecule has 1 aromatic heterocycles. The van der Waals surface area contributed by atoms with Gasteiger partial charge in [0.15, 0.2) is 5.82 Å². The quantitative estimate of drug-likeness (QED) is 0.844. The van der Waals surface area contributed by atoms with E-state index in [4.69, 9.17) is 0 Å². The van der Waals surface area contributed by atoms with Gasteiger partial charge in [0.1, 0.15) is 22.7 Å². The lowest BCUT2D eigenvalue weighted by Crippen LogP contribution is -2.47. The molecule has 2 heterocycles. The average molecular weight is 266 g/mol. The monoisotopic (exact) mass is 266 g/mol. The maximum atomic E-state index is 13.5. The molecule has 1 saturated heterocycles. The van der Waals surface area contributed by atoms with Crippen LogP contribution in [0.25, 0.3) is 11.0 Å². The van der Waals surface area contributed by atoms with E-state index in [1.165, 1.54) is 0 Å². The molecule has 0 bridgehead atoms. The molecule has 0 spiro atoms. The van der Waals surface area contributed by atoms with Crippen LogP contribution in [0.4, 0.5) is 8.78 Å².